The van der Waals surface area contributed by atoms with Crippen LogP contribution < -0.4 is 10.5 Å². The van der Waals surface area contributed by atoms with Crippen molar-refractivity contribution in [1.82, 2.24) is 20.0 Å². The molecule has 3 aromatic carbocycles. The second-order valence-corrected chi connectivity index (χ2v) is 8.96. The Morgan fingerprint density at radius 3 is 2.64 bits per heavy atom. The van der Waals surface area contributed by atoms with Crippen molar-refractivity contribution in [2.75, 3.05) is 12.3 Å². The van der Waals surface area contributed by atoms with E-state index in [-0.39, 0.29) is 25.0 Å². The van der Waals surface area contributed by atoms with Crippen molar-refractivity contribution >= 4 is 33.6 Å². The van der Waals surface area contributed by atoms with Gasteiger partial charge >= 0.3 is 5.97 Å². The molecule has 36 heavy (non-hydrogen) atoms. The summed E-state index contributed by atoms with van der Waals surface area (Å²) in [6, 6.07) is 20.1. The van der Waals surface area contributed by atoms with Crippen molar-refractivity contribution in [2.24, 2.45) is 0 Å². The van der Waals surface area contributed by atoms with Crippen LogP contribution >= 0.6 is 0 Å². The van der Waals surface area contributed by atoms with E-state index in [1.54, 1.807) is 6.92 Å². The molecule has 0 bridgehead atoms. The zero-order valence-electron chi connectivity index (χ0n) is 20.6. The monoisotopic (exact) mass is 483 g/mol. The van der Waals surface area contributed by atoms with Gasteiger partial charge in [0, 0.05) is 22.4 Å². The number of nitrogens with zero attached hydrogens (tertiary/aromatic N) is 3. The van der Waals surface area contributed by atoms with E-state index in [1.165, 1.54) is 0 Å². The predicted octanol–water partition coefficient (Wildman–Crippen LogP) is 5.43. The number of ether oxygens (including phenoxy) is 2. The van der Waals surface area contributed by atoms with Crippen molar-refractivity contribution in [3.63, 3.8) is 0 Å². The number of anilines is 1. The number of carbonyl (C=O) groups is 1. The van der Waals surface area contributed by atoms with E-state index in [0.29, 0.717) is 18.2 Å². The molecule has 0 aliphatic heterocycles. The van der Waals surface area contributed by atoms with E-state index < -0.39 is 0 Å². The lowest BCUT2D eigenvalue weighted by molar-refractivity contribution is -0.142. The Kier molecular flexibility index (Phi) is 6.33. The van der Waals surface area contributed by atoms with Crippen LogP contribution in [0.25, 0.3) is 32.9 Å². The fourth-order valence-corrected chi connectivity index (χ4v) is 4.41. The summed E-state index contributed by atoms with van der Waals surface area (Å²) in [4.78, 5) is 12.0. The number of H-pyrrole nitrogens is 1. The molecule has 8 nitrogen and oxygen atoms in total. The number of hydrogen-bond donors (Lipinski definition) is 2. The Bertz CT molecular complexity index is 1550. The van der Waals surface area contributed by atoms with Crippen LogP contribution in [-0.2, 0) is 22.6 Å². The summed E-state index contributed by atoms with van der Waals surface area (Å²) >= 11 is 0. The van der Waals surface area contributed by atoms with Crippen molar-refractivity contribution < 1.29 is 14.3 Å². The van der Waals surface area contributed by atoms with E-state index >= 15 is 0 Å². The molecule has 184 valence electrons. The second-order valence-electron chi connectivity index (χ2n) is 8.96. The molecule has 0 saturated carbocycles. The van der Waals surface area contributed by atoms with Gasteiger partial charge in [0.25, 0.3) is 0 Å². The van der Waals surface area contributed by atoms with E-state index in [0.717, 1.165) is 44.2 Å². The number of hydrogen-bond acceptors (Lipinski definition) is 6. The highest BCUT2D eigenvalue weighted by molar-refractivity contribution is 5.93. The van der Waals surface area contributed by atoms with Crippen molar-refractivity contribution in [3.05, 3.63) is 71.9 Å². The lowest BCUT2D eigenvalue weighted by Crippen LogP contribution is -2.09. The van der Waals surface area contributed by atoms with Gasteiger partial charge in [-0.15, -0.1) is 0 Å². The summed E-state index contributed by atoms with van der Waals surface area (Å²) in [6.45, 7) is 6.64. The molecule has 3 N–H and O–H groups in total. The molecule has 0 fully saturated rings. The fraction of sp³-hybridized carbons (Fsp3) is 0.250. The first-order valence-corrected chi connectivity index (χ1v) is 12.1. The quantitative estimate of drug-likeness (QED) is 0.285. The highest BCUT2D eigenvalue weighted by atomic mass is 16.5. The number of rotatable bonds is 8. The smallest absolute Gasteiger partial charge is 0.310 e. The Labute approximate surface area is 209 Å². The summed E-state index contributed by atoms with van der Waals surface area (Å²) < 4.78 is 13.3. The number of nitrogens with two attached hydrogens (primary N) is 1. The second kappa shape index (κ2) is 9.73. The summed E-state index contributed by atoms with van der Waals surface area (Å²) in [5.41, 5.74) is 11.6. The summed E-state index contributed by atoms with van der Waals surface area (Å²) in [6.07, 6.45) is 0.163. The van der Waals surface area contributed by atoms with Gasteiger partial charge in [-0.25, -0.2) is 0 Å². The van der Waals surface area contributed by atoms with Gasteiger partial charge in [0.1, 0.15) is 18.1 Å². The molecule has 0 spiro atoms. The topological polar surface area (TPSA) is 108 Å². The third-order valence-electron chi connectivity index (χ3n) is 6.17. The van der Waals surface area contributed by atoms with E-state index in [2.05, 4.69) is 48.3 Å². The molecule has 0 aliphatic rings. The molecule has 0 saturated heterocycles. The number of benzene rings is 3. The molecular weight excluding hydrogens is 454 g/mol. The van der Waals surface area contributed by atoms with Crippen molar-refractivity contribution in [1.29, 1.82) is 0 Å². The average Bonchev–Trinajstić information content (AvgIpc) is 3.43. The molecule has 0 amide bonds. The number of nitrogens with one attached hydrogen (secondary N) is 1. The molecule has 0 radical (unpaired) electrons. The highest BCUT2D eigenvalue weighted by Gasteiger charge is 2.16. The standard InChI is InChI=1S/C28H29N5O3/c1-4-35-27(34)15-20-7-5-6-8-26(20)36-16-24-22-13-18(10-12-25(22)33(32-24)17(2)3)19-9-11-21-23(14-19)30-31-28(21)29/h5-14,17H,4,15-16H2,1-3H3,(H3,29,30,31). The number of para-hydroxylation sites is 1. The molecule has 5 aromatic rings. The van der Waals surface area contributed by atoms with Crippen molar-refractivity contribution in [2.45, 2.75) is 39.8 Å². The van der Waals surface area contributed by atoms with Gasteiger partial charge in [-0.3, -0.25) is 14.6 Å². The van der Waals surface area contributed by atoms with Crippen LogP contribution in [0.5, 0.6) is 5.75 Å². The van der Waals surface area contributed by atoms with E-state index in [1.807, 2.05) is 41.1 Å². The lowest BCUT2D eigenvalue weighted by atomic mass is 10.0. The largest absolute Gasteiger partial charge is 0.487 e. The van der Waals surface area contributed by atoms with Gasteiger partial charge in [-0.2, -0.15) is 10.2 Å². The first-order chi connectivity index (χ1) is 17.4. The summed E-state index contributed by atoms with van der Waals surface area (Å²) in [7, 11) is 0. The Morgan fingerprint density at radius 2 is 1.83 bits per heavy atom. The van der Waals surface area contributed by atoms with Gasteiger partial charge in [0.15, 0.2) is 5.82 Å². The number of nitrogen functional groups attached to an aromatic ring is 1. The van der Waals surface area contributed by atoms with Crippen LogP contribution in [0.1, 0.15) is 38.1 Å². The van der Waals surface area contributed by atoms with Crippen LogP contribution in [0.15, 0.2) is 60.7 Å². The Balaban J connectivity index is 1.48. The maximum absolute atomic E-state index is 12.0. The predicted molar refractivity (Wildman–Crippen MR) is 141 cm³/mol. The SMILES string of the molecule is CCOC(=O)Cc1ccccc1OCc1nn(C(C)C)c2ccc(-c3ccc4c(N)n[nH]c4c3)cc12. The number of esters is 1. The third kappa shape index (κ3) is 4.49. The molecule has 2 aromatic heterocycles. The minimum atomic E-state index is -0.274. The van der Waals surface area contributed by atoms with Gasteiger partial charge in [0.2, 0.25) is 0 Å². The van der Waals surface area contributed by atoms with Gasteiger partial charge in [0.05, 0.1) is 24.1 Å². The van der Waals surface area contributed by atoms with Gasteiger partial charge in [-0.1, -0.05) is 30.3 Å². The first-order valence-electron chi connectivity index (χ1n) is 12.1. The van der Waals surface area contributed by atoms with E-state index in [9.17, 15) is 4.79 Å². The van der Waals surface area contributed by atoms with Crippen LogP contribution in [0.2, 0.25) is 0 Å². The molecule has 8 heteroatoms. The minimum Gasteiger partial charge on any atom is -0.487 e. The lowest BCUT2D eigenvalue weighted by Gasteiger charge is -2.10. The number of aromatic amines is 1. The zero-order chi connectivity index (χ0) is 25.2. The third-order valence-corrected chi connectivity index (χ3v) is 6.17. The average molecular weight is 484 g/mol. The number of aromatic nitrogens is 4. The van der Waals surface area contributed by atoms with Crippen LogP contribution in [0, 0.1) is 0 Å². The van der Waals surface area contributed by atoms with Gasteiger partial charge in [-0.05, 0) is 62.2 Å². The van der Waals surface area contributed by atoms with Crippen LogP contribution in [0.4, 0.5) is 5.82 Å². The Morgan fingerprint density at radius 1 is 1.06 bits per heavy atom. The first kappa shape index (κ1) is 23.4. The van der Waals surface area contributed by atoms with E-state index in [4.69, 9.17) is 20.3 Å². The number of fused-ring (bicyclic) bond motifs is 2. The van der Waals surface area contributed by atoms with Gasteiger partial charge < -0.3 is 15.2 Å². The minimum absolute atomic E-state index is 0.163. The fourth-order valence-electron chi connectivity index (χ4n) is 4.41. The summed E-state index contributed by atoms with van der Waals surface area (Å²) in [5.74, 6) is 0.868. The Hall–Kier alpha value is -4.33. The highest BCUT2D eigenvalue weighted by Crippen LogP contribution is 2.31. The maximum Gasteiger partial charge on any atom is 0.310 e. The van der Waals surface area contributed by atoms with Crippen molar-refractivity contribution in [3.8, 4) is 16.9 Å². The summed E-state index contributed by atoms with van der Waals surface area (Å²) in [5, 5.41) is 13.9. The maximum atomic E-state index is 12.0. The molecular formula is C28H29N5O3. The molecule has 5 rings (SSSR count). The molecule has 0 atom stereocenters. The molecule has 0 aliphatic carbocycles. The van der Waals surface area contributed by atoms with Crippen LogP contribution in [0.3, 0.4) is 0 Å². The number of carbonyl (C=O) groups excluding carboxylic acids is 1. The van der Waals surface area contributed by atoms with Crippen LogP contribution in [-0.4, -0.2) is 32.6 Å². The normalized spacial score (nSPS) is 11.4. The molecule has 0 unspecified atom stereocenters. The molecule has 2 heterocycles. The zero-order valence-corrected chi connectivity index (χ0v) is 20.6.